The van der Waals surface area contributed by atoms with Crippen LogP contribution in [-0.2, 0) is 19.6 Å². The van der Waals surface area contributed by atoms with E-state index < -0.39 is 0 Å². The van der Waals surface area contributed by atoms with E-state index in [0.29, 0.717) is 13.2 Å². The molecule has 0 unspecified atom stereocenters. The summed E-state index contributed by atoms with van der Waals surface area (Å²) in [4.78, 5) is 0. The van der Waals surface area contributed by atoms with E-state index in [4.69, 9.17) is 14.2 Å². The Balaban J connectivity index is 1.58. The second-order valence-electron chi connectivity index (χ2n) is 7.37. The highest BCUT2D eigenvalue weighted by atomic mass is 79.9. The fourth-order valence-corrected chi connectivity index (χ4v) is 3.65. The molecule has 4 nitrogen and oxygen atoms in total. The summed E-state index contributed by atoms with van der Waals surface area (Å²) < 4.78 is 18.1. The van der Waals surface area contributed by atoms with Crippen LogP contribution in [0.25, 0.3) is 0 Å². The summed E-state index contributed by atoms with van der Waals surface area (Å²) in [5.74, 6) is 2.40. The van der Waals surface area contributed by atoms with Gasteiger partial charge in [0.25, 0.3) is 0 Å². The van der Waals surface area contributed by atoms with Gasteiger partial charge in [-0.25, -0.2) is 0 Å². The SMILES string of the molecule is CCOc1cc(CNCCc2ccc(OC)cc2)c(Br)cc1OCc1ccc(C)cc1. The molecule has 0 spiro atoms. The smallest absolute Gasteiger partial charge is 0.162 e. The van der Waals surface area contributed by atoms with Crippen LogP contribution in [0.4, 0.5) is 0 Å². The third-order valence-electron chi connectivity index (χ3n) is 4.99. The van der Waals surface area contributed by atoms with Gasteiger partial charge in [0, 0.05) is 11.0 Å². The van der Waals surface area contributed by atoms with Gasteiger partial charge in [-0.2, -0.15) is 0 Å². The van der Waals surface area contributed by atoms with Gasteiger partial charge < -0.3 is 19.5 Å². The van der Waals surface area contributed by atoms with Crippen molar-refractivity contribution < 1.29 is 14.2 Å². The number of nitrogens with one attached hydrogen (secondary N) is 1. The van der Waals surface area contributed by atoms with Crippen molar-refractivity contribution in [3.63, 3.8) is 0 Å². The van der Waals surface area contributed by atoms with E-state index in [1.54, 1.807) is 7.11 Å². The number of hydrogen-bond acceptors (Lipinski definition) is 4. The zero-order valence-electron chi connectivity index (χ0n) is 18.4. The summed E-state index contributed by atoms with van der Waals surface area (Å²) in [7, 11) is 1.68. The molecule has 31 heavy (non-hydrogen) atoms. The number of benzene rings is 3. The van der Waals surface area contributed by atoms with E-state index in [0.717, 1.165) is 52.4 Å². The minimum absolute atomic E-state index is 0.506. The van der Waals surface area contributed by atoms with Gasteiger partial charge in [0.2, 0.25) is 0 Å². The monoisotopic (exact) mass is 483 g/mol. The third kappa shape index (κ3) is 7.01. The molecule has 0 bridgehead atoms. The topological polar surface area (TPSA) is 39.7 Å². The average molecular weight is 484 g/mol. The van der Waals surface area contributed by atoms with Crippen LogP contribution in [0.2, 0.25) is 0 Å². The molecule has 0 aliphatic heterocycles. The second-order valence-corrected chi connectivity index (χ2v) is 8.23. The van der Waals surface area contributed by atoms with Gasteiger partial charge in [-0.3, -0.25) is 0 Å². The first kappa shape index (κ1) is 23.2. The van der Waals surface area contributed by atoms with E-state index >= 15 is 0 Å². The third-order valence-corrected chi connectivity index (χ3v) is 5.73. The maximum Gasteiger partial charge on any atom is 0.162 e. The average Bonchev–Trinajstić information content (AvgIpc) is 2.79. The van der Waals surface area contributed by atoms with Gasteiger partial charge in [0.1, 0.15) is 12.4 Å². The molecule has 0 aliphatic rings. The van der Waals surface area contributed by atoms with Gasteiger partial charge in [0.15, 0.2) is 11.5 Å². The summed E-state index contributed by atoms with van der Waals surface area (Å²) in [6.07, 6.45) is 0.956. The molecule has 0 fully saturated rings. The normalized spacial score (nSPS) is 10.7. The predicted octanol–water partition coefficient (Wildman–Crippen LogP) is 6.08. The summed E-state index contributed by atoms with van der Waals surface area (Å²) in [5, 5.41) is 3.51. The maximum atomic E-state index is 6.07. The van der Waals surface area contributed by atoms with Crippen molar-refractivity contribution in [1.29, 1.82) is 0 Å². The molecule has 5 heteroatoms. The van der Waals surface area contributed by atoms with E-state index in [-0.39, 0.29) is 0 Å². The van der Waals surface area contributed by atoms with Gasteiger partial charge >= 0.3 is 0 Å². The van der Waals surface area contributed by atoms with Crippen molar-refractivity contribution >= 4 is 15.9 Å². The molecule has 0 saturated heterocycles. The largest absolute Gasteiger partial charge is 0.497 e. The lowest BCUT2D eigenvalue weighted by atomic mass is 10.1. The molecule has 0 saturated carbocycles. The van der Waals surface area contributed by atoms with Crippen molar-refractivity contribution in [2.24, 2.45) is 0 Å². The van der Waals surface area contributed by atoms with E-state index in [1.165, 1.54) is 11.1 Å². The molecule has 0 radical (unpaired) electrons. The number of hydrogen-bond donors (Lipinski definition) is 1. The van der Waals surface area contributed by atoms with Crippen molar-refractivity contribution in [2.45, 2.75) is 33.4 Å². The van der Waals surface area contributed by atoms with E-state index in [9.17, 15) is 0 Å². The van der Waals surface area contributed by atoms with Crippen LogP contribution < -0.4 is 19.5 Å². The molecule has 0 atom stereocenters. The Hall–Kier alpha value is -2.50. The number of ether oxygens (including phenoxy) is 3. The van der Waals surface area contributed by atoms with Crippen molar-refractivity contribution in [2.75, 3.05) is 20.3 Å². The van der Waals surface area contributed by atoms with E-state index in [2.05, 4.69) is 70.6 Å². The van der Waals surface area contributed by atoms with Crippen LogP contribution in [0.1, 0.15) is 29.2 Å². The van der Waals surface area contributed by atoms with Crippen LogP contribution >= 0.6 is 15.9 Å². The fourth-order valence-electron chi connectivity index (χ4n) is 3.19. The van der Waals surface area contributed by atoms with Crippen LogP contribution in [0, 0.1) is 6.92 Å². The number of aryl methyl sites for hydroxylation is 1. The first-order valence-corrected chi connectivity index (χ1v) is 11.4. The highest BCUT2D eigenvalue weighted by Gasteiger charge is 2.11. The quantitative estimate of drug-likeness (QED) is 0.335. The molecule has 3 rings (SSSR count). The summed E-state index contributed by atoms with van der Waals surface area (Å²) in [5.41, 5.74) is 4.79. The lowest BCUT2D eigenvalue weighted by Gasteiger charge is -2.16. The highest BCUT2D eigenvalue weighted by Crippen LogP contribution is 2.34. The molecular weight excluding hydrogens is 454 g/mol. The molecule has 1 N–H and O–H groups in total. The summed E-state index contributed by atoms with van der Waals surface area (Å²) >= 11 is 3.69. The minimum Gasteiger partial charge on any atom is -0.497 e. The maximum absolute atomic E-state index is 6.07. The second kappa shape index (κ2) is 11.8. The van der Waals surface area contributed by atoms with Crippen LogP contribution in [0.5, 0.6) is 17.2 Å². The lowest BCUT2D eigenvalue weighted by molar-refractivity contribution is 0.269. The first-order valence-electron chi connectivity index (χ1n) is 10.6. The van der Waals surface area contributed by atoms with Gasteiger partial charge in [-0.05, 0) is 67.8 Å². The Labute approximate surface area is 193 Å². The van der Waals surface area contributed by atoms with Crippen molar-refractivity contribution in [3.05, 3.63) is 87.4 Å². The molecule has 0 amide bonds. The van der Waals surface area contributed by atoms with E-state index in [1.807, 2.05) is 25.1 Å². The molecular formula is C26H30BrNO3. The minimum atomic E-state index is 0.506. The van der Waals surface area contributed by atoms with Crippen LogP contribution in [0.3, 0.4) is 0 Å². The standard InChI is InChI=1S/C26H30BrNO3/c1-4-30-25-15-22(17-28-14-13-20-9-11-23(29-3)12-10-20)24(27)16-26(25)31-18-21-7-5-19(2)6-8-21/h5-12,15-16,28H,4,13-14,17-18H2,1-3H3. The van der Waals surface area contributed by atoms with Gasteiger partial charge in [-0.15, -0.1) is 0 Å². The number of halogens is 1. The zero-order chi connectivity index (χ0) is 22.1. The molecule has 3 aromatic rings. The van der Waals surface area contributed by atoms with Gasteiger partial charge in [0.05, 0.1) is 13.7 Å². The van der Waals surface area contributed by atoms with Crippen molar-refractivity contribution in [1.82, 2.24) is 5.32 Å². The molecule has 164 valence electrons. The zero-order valence-corrected chi connectivity index (χ0v) is 20.0. The predicted molar refractivity (Wildman–Crippen MR) is 129 cm³/mol. The lowest BCUT2D eigenvalue weighted by Crippen LogP contribution is -2.17. The Bertz CT molecular complexity index is 956. The van der Waals surface area contributed by atoms with Crippen LogP contribution in [-0.4, -0.2) is 20.3 Å². The highest BCUT2D eigenvalue weighted by molar-refractivity contribution is 9.10. The Kier molecular flexibility index (Phi) is 8.80. The molecule has 0 heterocycles. The number of rotatable bonds is 11. The fraction of sp³-hybridized carbons (Fsp3) is 0.308. The summed E-state index contributed by atoms with van der Waals surface area (Å²) in [6, 6.07) is 20.6. The Morgan fingerprint density at radius 2 is 1.55 bits per heavy atom. The molecule has 0 aromatic heterocycles. The molecule has 3 aromatic carbocycles. The first-order chi connectivity index (χ1) is 15.1. The van der Waals surface area contributed by atoms with Gasteiger partial charge in [-0.1, -0.05) is 57.9 Å². The Morgan fingerprint density at radius 1 is 0.871 bits per heavy atom. The van der Waals surface area contributed by atoms with Crippen molar-refractivity contribution in [3.8, 4) is 17.2 Å². The molecule has 0 aliphatic carbocycles. The number of methoxy groups -OCH3 is 1. The van der Waals surface area contributed by atoms with Crippen LogP contribution in [0.15, 0.2) is 65.1 Å². The summed E-state index contributed by atoms with van der Waals surface area (Å²) in [6.45, 7) is 6.79. The Morgan fingerprint density at radius 3 is 2.23 bits per heavy atom.